The van der Waals surface area contributed by atoms with Crippen LogP contribution in [0.15, 0.2) is 53.6 Å². The van der Waals surface area contributed by atoms with Crippen molar-refractivity contribution in [1.82, 2.24) is 4.98 Å². The number of rotatable bonds is 1. The Kier molecular flexibility index (Phi) is 2.94. The minimum atomic E-state index is 0.776. The molecule has 0 saturated heterocycles. The first-order chi connectivity index (χ1) is 9.83. The maximum Gasteiger partial charge on any atom is 0.101 e. The molecule has 1 aliphatic heterocycles. The molecule has 3 heteroatoms. The zero-order chi connectivity index (χ0) is 13.5. The maximum absolute atomic E-state index is 6.02. The van der Waals surface area contributed by atoms with Gasteiger partial charge in [0.15, 0.2) is 0 Å². The summed E-state index contributed by atoms with van der Waals surface area (Å²) >= 11 is 7.88. The van der Waals surface area contributed by atoms with Crippen molar-refractivity contribution in [2.24, 2.45) is 0 Å². The molecule has 0 saturated carbocycles. The quantitative estimate of drug-likeness (QED) is 0.612. The van der Waals surface area contributed by atoms with Crippen molar-refractivity contribution in [3.05, 3.63) is 59.1 Å². The number of hydrogen-bond acceptors (Lipinski definition) is 2. The lowest BCUT2D eigenvalue weighted by atomic mass is 9.95. The van der Waals surface area contributed by atoms with Gasteiger partial charge in [0.25, 0.3) is 0 Å². The molecule has 1 nitrogen and oxygen atoms in total. The Bertz CT molecular complexity index is 796. The largest absolute Gasteiger partial charge is 0.241 e. The molecule has 0 bridgehead atoms. The van der Waals surface area contributed by atoms with Crippen molar-refractivity contribution in [2.75, 3.05) is 5.75 Å². The van der Waals surface area contributed by atoms with Gasteiger partial charge in [0, 0.05) is 16.2 Å². The average Bonchev–Trinajstić information content (AvgIpc) is 2.93. The predicted molar refractivity (Wildman–Crippen MR) is 86.6 cm³/mol. The molecule has 0 N–H and O–H groups in total. The fourth-order valence-electron chi connectivity index (χ4n) is 2.78. The Balaban J connectivity index is 2.08. The van der Waals surface area contributed by atoms with Gasteiger partial charge in [-0.15, -0.1) is 11.8 Å². The van der Waals surface area contributed by atoms with Crippen molar-refractivity contribution >= 4 is 34.3 Å². The first kappa shape index (κ1) is 12.2. The molecular weight excluding hydrogens is 286 g/mol. The van der Waals surface area contributed by atoms with E-state index in [1.807, 2.05) is 30.0 Å². The second-order valence-electron chi connectivity index (χ2n) is 4.89. The van der Waals surface area contributed by atoms with Crippen molar-refractivity contribution in [2.45, 2.75) is 11.4 Å². The van der Waals surface area contributed by atoms with Crippen LogP contribution >= 0.6 is 23.4 Å². The van der Waals surface area contributed by atoms with Gasteiger partial charge in [-0.25, -0.2) is 4.98 Å². The summed E-state index contributed by atoms with van der Waals surface area (Å²) in [5.41, 5.74) is 5.01. The lowest BCUT2D eigenvalue weighted by molar-refractivity contribution is 1.08. The van der Waals surface area contributed by atoms with Crippen LogP contribution in [0.4, 0.5) is 0 Å². The second-order valence-corrected chi connectivity index (χ2v) is 6.41. The number of fused-ring (bicyclic) bond motifs is 2. The summed E-state index contributed by atoms with van der Waals surface area (Å²) < 4.78 is 0. The van der Waals surface area contributed by atoms with Gasteiger partial charge in [-0.2, -0.15) is 0 Å². The van der Waals surface area contributed by atoms with Crippen molar-refractivity contribution < 1.29 is 0 Å². The van der Waals surface area contributed by atoms with Gasteiger partial charge in [0.1, 0.15) is 5.03 Å². The molecule has 20 heavy (non-hydrogen) atoms. The van der Waals surface area contributed by atoms with Crippen LogP contribution in [0.5, 0.6) is 0 Å². The normalized spacial score (nSPS) is 13.7. The number of hydrogen-bond donors (Lipinski definition) is 0. The van der Waals surface area contributed by atoms with Crippen LogP contribution < -0.4 is 0 Å². The van der Waals surface area contributed by atoms with Gasteiger partial charge in [0.2, 0.25) is 0 Å². The number of pyridine rings is 1. The number of benzene rings is 2. The van der Waals surface area contributed by atoms with Crippen LogP contribution in [0.1, 0.15) is 5.56 Å². The highest BCUT2D eigenvalue weighted by atomic mass is 35.5. The highest BCUT2D eigenvalue weighted by molar-refractivity contribution is 7.99. The van der Waals surface area contributed by atoms with Gasteiger partial charge in [-0.1, -0.05) is 41.9 Å². The topological polar surface area (TPSA) is 12.9 Å². The SMILES string of the molecule is Clc1ccc(-c2c3c(nc4ccccc24)SCC3)cc1. The Morgan fingerprint density at radius 2 is 1.80 bits per heavy atom. The maximum atomic E-state index is 6.02. The Labute approximate surface area is 127 Å². The molecule has 2 aromatic carbocycles. The van der Waals surface area contributed by atoms with Gasteiger partial charge in [0.05, 0.1) is 5.52 Å². The van der Waals surface area contributed by atoms with Crippen LogP contribution in [-0.2, 0) is 6.42 Å². The lowest BCUT2D eigenvalue weighted by Gasteiger charge is -2.12. The average molecular weight is 298 g/mol. The number of nitrogens with zero attached hydrogens (tertiary/aromatic N) is 1. The second kappa shape index (κ2) is 4.80. The smallest absolute Gasteiger partial charge is 0.101 e. The van der Waals surface area contributed by atoms with Crippen LogP contribution in [0.3, 0.4) is 0 Å². The van der Waals surface area contributed by atoms with Crippen LogP contribution in [-0.4, -0.2) is 10.7 Å². The van der Waals surface area contributed by atoms with E-state index in [0.29, 0.717) is 0 Å². The molecule has 0 spiro atoms. The molecule has 0 atom stereocenters. The summed E-state index contributed by atoms with van der Waals surface area (Å²) in [5.74, 6) is 1.12. The summed E-state index contributed by atoms with van der Waals surface area (Å²) in [6, 6.07) is 16.5. The van der Waals surface area contributed by atoms with Crippen molar-refractivity contribution in [3.63, 3.8) is 0 Å². The molecule has 3 aromatic rings. The van der Waals surface area contributed by atoms with E-state index < -0.39 is 0 Å². The molecular formula is C17H12ClNS. The van der Waals surface area contributed by atoms with Crippen molar-refractivity contribution in [3.8, 4) is 11.1 Å². The number of aromatic nitrogens is 1. The minimum Gasteiger partial charge on any atom is -0.241 e. The first-order valence-electron chi connectivity index (χ1n) is 6.63. The van der Waals surface area contributed by atoms with E-state index in [2.05, 4.69) is 30.3 Å². The summed E-state index contributed by atoms with van der Waals surface area (Å²) in [4.78, 5) is 4.80. The zero-order valence-corrected chi connectivity index (χ0v) is 12.3. The third kappa shape index (κ3) is 1.91. The molecule has 0 aliphatic carbocycles. The van der Waals surface area contributed by atoms with Crippen LogP contribution in [0, 0.1) is 0 Å². The van der Waals surface area contributed by atoms with Crippen molar-refractivity contribution in [1.29, 1.82) is 0 Å². The monoisotopic (exact) mass is 297 g/mol. The fourth-order valence-corrected chi connectivity index (χ4v) is 3.94. The number of thioether (sulfide) groups is 1. The molecule has 0 unspecified atom stereocenters. The molecule has 1 aliphatic rings. The van der Waals surface area contributed by atoms with E-state index in [0.717, 1.165) is 22.7 Å². The summed E-state index contributed by atoms with van der Waals surface area (Å²) in [7, 11) is 0. The van der Waals surface area contributed by atoms with Gasteiger partial charge < -0.3 is 0 Å². The third-order valence-electron chi connectivity index (χ3n) is 3.68. The van der Waals surface area contributed by atoms with E-state index in [4.69, 9.17) is 16.6 Å². The predicted octanol–water partition coefficient (Wildman–Crippen LogP) is 5.20. The highest BCUT2D eigenvalue weighted by Gasteiger charge is 2.20. The molecule has 98 valence electrons. The third-order valence-corrected chi connectivity index (χ3v) is 4.95. The van der Waals surface area contributed by atoms with E-state index in [-0.39, 0.29) is 0 Å². The Hall–Kier alpha value is -1.51. The Morgan fingerprint density at radius 3 is 2.65 bits per heavy atom. The standard InChI is InChI=1S/C17H12ClNS/c18-12-7-5-11(6-8-12)16-13-3-1-2-4-15(13)19-17-14(16)9-10-20-17/h1-8H,9-10H2. The number of para-hydroxylation sites is 1. The zero-order valence-electron chi connectivity index (χ0n) is 10.8. The molecule has 2 heterocycles. The molecule has 0 fully saturated rings. The van der Waals surface area contributed by atoms with E-state index in [1.54, 1.807) is 0 Å². The van der Waals surface area contributed by atoms with Gasteiger partial charge in [-0.3, -0.25) is 0 Å². The van der Waals surface area contributed by atoms with Crippen LogP contribution in [0.25, 0.3) is 22.0 Å². The lowest BCUT2D eigenvalue weighted by Crippen LogP contribution is -1.93. The molecule has 4 rings (SSSR count). The highest BCUT2D eigenvalue weighted by Crippen LogP contribution is 2.41. The van der Waals surface area contributed by atoms with Gasteiger partial charge in [-0.05, 0) is 41.3 Å². The summed E-state index contributed by atoms with van der Waals surface area (Å²) in [6.07, 6.45) is 1.09. The first-order valence-corrected chi connectivity index (χ1v) is 7.99. The summed E-state index contributed by atoms with van der Waals surface area (Å²) in [5, 5.41) is 3.20. The summed E-state index contributed by atoms with van der Waals surface area (Å²) in [6.45, 7) is 0. The van der Waals surface area contributed by atoms with Crippen LogP contribution in [0.2, 0.25) is 5.02 Å². The van der Waals surface area contributed by atoms with E-state index in [1.165, 1.54) is 27.1 Å². The Morgan fingerprint density at radius 1 is 1.00 bits per heavy atom. The van der Waals surface area contributed by atoms with E-state index in [9.17, 15) is 0 Å². The molecule has 0 radical (unpaired) electrons. The number of halogens is 1. The van der Waals surface area contributed by atoms with E-state index >= 15 is 0 Å². The van der Waals surface area contributed by atoms with Gasteiger partial charge >= 0.3 is 0 Å². The fraction of sp³-hybridized carbons (Fsp3) is 0.118. The minimum absolute atomic E-state index is 0.776. The molecule has 1 aromatic heterocycles. The molecule has 0 amide bonds.